The molecule has 1 rings (SSSR count). The Morgan fingerprint density at radius 1 is 1.56 bits per heavy atom. The molecule has 1 aromatic rings. The van der Waals surface area contributed by atoms with E-state index in [1.54, 1.807) is 6.92 Å². The number of hydrogen-bond acceptors (Lipinski definition) is 4. The maximum Gasteiger partial charge on any atom is 0.234 e. The lowest BCUT2D eigenvalue weighted by molar-refractivity contribution is -0.113. The molecule has 1 aromatic carbocycles. The van der Waals surface area contributed by atoms with Crippen molar-refractivity contribution in [2.45, 2.75) is 25.2 Å². The topological polar surface area (TPSA) is 75.3 Å². The molecular weight excluding hydrogens is 255 g/mol. The standard InChI is InChI=1S/C12H17FN2O2S/c1-7(16)8(2)18-6-12(17)15-11-5-9(13)3-4-10(11)14/h3-5,7-8,16H,6,14H2,1-2H3,(H,15,17). The summed E-state index contributed by atoms with van der Waals surface area (Å²) < 4.78 is 13.0. The van der Waals surface area contributed by atoms with E-state index in [2.05, 4.69) is 5.32 Å². The van der Waals surface area contributed by atoms with Gasteiger partial charge in [0.05, 0.1) is 23.2 Å². The van der Waals surface area contributed by atoms with Crippen LogP contribution in [0, 0.1) is 5.82 Å². The van der Waals surface area contributed by atoms with E-state index in [4.69, 9.17) is 5.73 Å². The van der Waals surface area contributed by atoms with E-state index in [1.165, 1.54) is 30.0 Å². The summed E-state index contributed by atoms with van der Waals surface area (Å²) in [6.45, 7) is 3.50. The average molecular weight is 272 g/mol. The van der Waals surface area contributed by atoms with E-state index >= 15 is 0 Å². The lowest BCUT2D eigenvalue weighted by Gasteiger charge is -2.14. The second-order valence-electron chi connectivity index (χ2n) is 4.04. The van der Waals surface area contributed by atoms with Crippen LogP contribution in [-0.4, -0.2) is 28.1 Å². The third-order valence-corrected chi connectivity index (χ3v) is 3.79. The summed E-state index contributed by atoms with van der Waals surface area (Å²) >= 11 is 1.33. The van der Waals surface area contributed by atoms with Crippen LogP contribution in [0.25, 0.3) is 0 Å². The molecule has 0 aliphatic carbocycles. The number of anilines is 2. The summed E-state index contributed by atoms with van der Waals surface area (Å²) in [5.41, 5.74) is 6.20. The van der Waals surface area contributed by atoms with Crippen molar-refractivity contribution >= 4 is 29.0 Å². The Labute approximate surface area is 110 Å². The highest BCUT2D eigenvalue weighted by atomic mass is 32.2. The first-order valence-electron chi connectivity index (χ1n) is 5.54. The quantitative estimate of drug-likeness (QED) is 0.715. The number of nitrogen functional groups attached to an aromatic ring is 1. The second kappa shape index (κ2) is 6.61. The molecule has 4 N–H and O–H groups in total. The molecule has 0 saturated carbocycles. The summed E-state index contributed by atoms with van der Waals surface area (Å²) in [5, 5.41) is 11.8. The largest absolute Gasteiger partial charge is 0.397 e. The predicted octanol–water partition coefficient (Wildman–Crippen LogP) is 1.85. The van der Waals surface area contributed by atoms with Gasteiger partial charge in [-0.1, -0.05) is 6.92 Å². The number of nitrogens with two attached hydrogens (primary N) is 1. The van der Waals surface area contributed by atoms with Gasteiger partial charge in [-0.2, -0.15) is 0 Å². The molecule has 0 aliphatic rings. The average Bonchev–Trinajstić information content (AvgIpc) is 2.30. The lowest BCUT2D eigenvalue weighted by atomic mass is 10.2. The lowest BCUT2D eigenvalue weighted by Crippen LogP contribution is -2.21. The first-order chi connectivity index (χ1) is 8.40. The minimum absolute atomic E-state index is 0.0411. The van der Waals surface area contributed by atoms with Gasteiger partial charge >= 0.3 is 0 Å². The van der Waals surface area contributed by atoms with Crippen molar-refractivity contribution in [2.75, 3.05) is 16.8 Å². The zero-order chi connectivity index (χ0) is 13.7. The van der Waals surface area contributed by atoms with Gasteiger partial charge in [0.1, 0.15) is 5.82 Å². The van der Waals surface area contributed by atoms with Gasteiger partial charge < -0.3 is 16.2 Å². The van der Waals surface area contributed by atoms with Crippen molar-refractivity contribution in [1.82, 2.24) is 0 Å². The van der Waals surface area contributed by atoms with Crippen molar-refractivity contribution in [3.05, 3.63) is 24.0 Å². The van der Waals surface area contributed by atoms with E-state index < -0.39 is 11.9 Å². The van der Waals surface area contributed by atoms with E-state index in [9.17, 15) is 14.3 Å². The predicted molar refractivity (Wildman–Crippen MR) is 73.0 cm³/mol. The van der Waals surface area contributed by atoms with Crippen LogP contribution in [0.15, 0.2) is 18.2 Å². The van der Waals surface area contributed by atoms with Gasteiger partial charge in [-0.15, -0.1) is 11.8 Å². The van der Waals surface area contributed by atoms with Crippen LogP contribution in [0.2, 0.25) is 0 Å². The van der Waals surface area contributed by atoms with Crippen LogP contribution in [0.3, 0.4) is 0 Å². The minimum Gasteiger partial charge on any atom is -0.397 e. The first-order valence-corrected chi connectivity index (χ1v) is 6.59. The molecule has 0 aromatic heterocycles. The number of halogens is 1. The summed E-state index contributed by atoms with van der Waals surface area (Å²) in [6.07, 6.45) is -0.484. The molecule has 0 bridgehead atoms. The molecule has 4 nitrogen and oxygen atoms in total. The van der Waals surface area contributed by atoms with Gasteiger partial charge in [0.25, 0.3) is 0 Å². The number of thioether (sulfide) groups is 1. The van der Waals surface area contributed by atoms with Gasteiger partial charge in [0, 0.05) is 5.25 Å². The highest BCUT2D eigenvalue weighted by Gasteiger charge is 2.12. The van der Waals surface area contributed by atoms with Crippen LogP contribution in [0.1, 0.15) is 13.8 Å². The fourth-order valence-corrected chi connectivity index (χ4v) is 1.93. The van der Waals surface area contributed by atoms with E-state index in [0.29, 0.717) is 5.69 Å². The zero-order valence-corrected chi connectivity index (χ0v) is 11.1. The molecule has 0 aliphatic heterocycles. The molecule has 2 atom stereocenters. The molecule has 0 heterocycles. The molecular formula is C12H17FN2O2S. The Kier molecular flexibility index (Phi) is 5.43. The molecule has 1 amide bonds. The smallest absolute Gasteiger partial charge is 0.234 e. The maximum atomic E-state index is 13.0. The number of carbonyl (C=O) groups excluding carboxylic acids is 1. The molecule has 100 valence electrons. The molecule has 0 radical (unpaired) electrons. The van der Waals surface area contributed by atoms with Crippen molar-refractivity contribution in [1.29, 1.82) is 0 Å². The van der Waals surface area contributed by atoms with Crippen LogP contribution < -0.4 is 11.1 Å². The Balaban J connectivity index is 2.52. The van der Waals surface area contributed by atoms with Crippen molar-refractivity contribution < 1.29 is 14.3 Å². The normalized spacial score (nSPS) is 14.0. The molecule has 6 heteroatoms. The van der Waals surface area contributed by atoms with Gasteiger partial charge in [0.15, 0.2) is 0 Å². The molecule has 2 unspecified atom stereocenters. The van der Waals surface area contributed by atoms with Crippen LogP contribution in [-0.2, 0) is 4.79 Å². The third kappa shape index (κ3) is 4.54. The Morgan fingerprint density at radius 2 is 2.22 bits per heavy atom. The van der Waals surface area contributed by atoms with Crippen LogP contribution >= 0.6 is 11.8 Å². The van der Waals surface area contributed by atoms with E-state index in [-0.39, 0.29) is 22.6 Å². The summed E-state index contributed by atoms with van der Waals surface area (Å²) in [7, 11) is 0. The van der Waals surface area contributed by atoms with E-state index in [1.807, 2.05) is 6.92 Å². The summed E-state index contributed by atoms with van der Waals surface area (Å²) in [5.74, 6) is -0.545. The minimum atomic E-state index is -0.484. The number of amides is 1. The number of carbonyl (C=O) groups is 1. The molecule has 18 heavy (non-hydrogen) atoms. The van der Waals surface area contributed by atoms with Crippen LogP contribution in [0.5, 0.6) is 0 Å². The zero-order valence-electron chi connectivity index (χ0n) is 10.3. The number of benzene rings is 1. The van der Waals surface area contributed by atoms with Gasteiger partial charge in [-0.3, -0.25) is 4.79 Å². The highest BCUT2D eigenvalue weighted by molar-refractivity contribution is 8.00. The van der Waals surface area contributed by atoms with Crippen molar-refractivity contribution in [2.24, 2.45) is 0 Å². The third-order valence-electron chi connectivity index (χ3n) is 2.45. The summed E-state index contributed by atoms with van der Waals surface area (Å²) in [4.78, 5) is 11.6. The first kappa shape index (κ1) is 14.8. The Hall–Kier alpha value is -1.27. The fraction of sp³-hybridized carbons (Fsp3) is 0.417. The molecule has 0 spiro atoms. The number of nitrogens with one attached hydrogen (secondary N) is 1. The highest BCUT2D eigenvalue weighted by Crippen LogP contribution is 2.20. The number of hydrogen-bond donors (Lipinski definition) is 3. The van der Waals surface area contributed by atoms with Crippen LogP contribution in [0.4, 0.5) is 15.8 Å². The monoisotopic (exact) mass is 272 g/mol. The Bertz CT molecular complexity index is 427. The van der Waals surface area contributed by atoms with Crippen molar-refractivity contribution in [3.8, 4) is 0 Å². The van der Waals surface area contributed by atoms with Gasteiger partial charge in [-0.05, 0) is 25.1 Å². The number of aliphatic hydroxyl groups excluding tert-OH is 1. The second-order valence-corrected chi connectivity index (χ2v) is 5.40. The summed E-state index contributed by atoms with van der Waals surface area (Å²) in [6, 6.07) is 3.81. The molecule has 0 fully saturated rings. The van der Waals surface area contributed by atoms with E-state index in [0.717, 1.165) is 0 Å². The maximum absolute atomic E-state index is 13.0. The number of aliphatic hydroxyl groups is 1. The fourth-order valence-electron chi connectivity index (χ4n) is 1.17. The van der Waals surface area contributed by atoms with Gasteiger partial charge in [0.2, 0.25) is 5.91 Å². The van der Waals surface area contributed by atoms with Crippen molar-refractivity contribution in [3.63, 3.8) is 0 Å². The van der Waals surface area contributed by atoms with Gasteiger partial charge in [-0.25, -0.2) is 4.39 Å². The SMILES string of the molecule is CC(O)C(C)SCC(=O)Nc1cc(F)ccc1N. The Morgan fingerprint density at radius 3 is 2.83 bits per heavy atom. The molecule has 0 saturated heterocycles. The number of rotatable bonds is 5.